The number of carbonyl (C=O) groups excluding carboxylic acids is 1. The first-order chi connectivity index (χ1) is 9.47. The van der Waals surface area contributed by atoms with E-state index in [1.54, 1.807) is 0 Å². The van der Waals surface area contributed by atoms with Gasteiger partial charge in [-0.2, -0.15) is 0 Å². The number of hydrogen-bond donors (Lipinski definition) is 1. The van der Waals surface area contributed by atoms with Crippen molar-refractivity contribution in [3.8, 4) is 0 Å². The first-order valence-electron chi connectivity index (χ1n) is 6.01. The minimum atomic E-state index is -0.130. The van der Waals surface area contributed by atoms with Crippen molar-refractivity contribution in [1.29, 1.82) is 0 Å². The molecular formula is C15H14Br2N2O. The first-order valence-corrected chi connectivity index (χ1v) is 7.60. The minimum absolute atomic E-state index is 0.130. The lowest BCUT2D eigenvalue weighted by Crippen LogP contribution is -2.13. The highest BCUT2D eigenvalue weighted by Crippen LogP contribution is 2.26. The maximum Gasteiger partial charge on any atom is 0.255 e. The Morgan fingerprint density at radius 1 is 1.05 bits per heavy atom. The van der Waals surface area contributed by atoms with Gasteiger partial charge in [0, 0.05) is 34.3 Å². The third-order valence-electron chi connectivity index (χ3n) is 2.82. The second kappa shape index (κ2) is 6.41. The van der Waals surface area contributed by atoms with Crippen LogP contribution in [0.1, 0.15) is 10.4 Å². The molecule has 3 nitrogen and oxygen atoms in total. The summed E-state index contributed by atoms with van der Waals surface area (Å²) < 4.78 is 1.76. The summed E-state index contributed by atoms with van der Waals surface area (Å²) in [6, 6.07) is 13.1. The fraction of sp³-hybridized carbons (Fsp3) is 0.133. The molecule has 20 heavy (non-hydrogen) atoms. The molecule has 0 radical (unpaired) electrons. The number of carbonyl (C=O) groups is 1. The lowest BCUT2D eigenvalue weighted by molar-refractivity contribution is 0.102. The number of amides is 1. The van der Waals surface area contributed by atoms with Crippen molar-refractivity contribution in [2.75, 3.05) is 24.3 Å². The van der Waals surface area contributed by atoms with E-state index in [2.05, 4.69) is 37.2 Å². The second-order valence-electron chi connectivity index (χ2n) is 4.52. The van der Waals surface area contributed by atoms with Gasteiger partial charge in [-0.05, 0) is 58.4 Å². The standard InChI is InChI=1S/C15H14Br2N2O/c1-19(2)12-6-3-10(4-7-12)15(20)18-14-9-11(16)5-8-13(14)17/h3-9H,1-2H3,(H,18,20). The molecule has 0 aliphatic rings. The van der Waals surface area contributed by atoms with Gasteiger partial charge in [-0.25, -0.2) is 0 Å². The third kappa shape index (κ3) is 3.61. The van der Waals surface area contributed by atoms with Crippen molar-refractivity contribution in [2.45, 2.75) is 0 Å². The summed E-state index contributed by atoms with van der Waals surface area (Å²) in [4.78, 5) is 14.2. The number of anilines is 2. The summed E-state index contributed by atoms with van der Waals surface area (Å²) in [5.74, 6) is -0.130. The molecule has 0 saturated carbocycles. The molecule has 0 spiro atoms. The predicted molar refractivity (Wildman–Crippen MR) is 90.6 cm³/mol. The number of nitrogens with one attached hydrogen (secondary N) is 1. The van der Waals surface area contributed by atoms with Gasteiger partial charge in [0.25, 0.3) is 5.91 Å². The van der Waals surface area contributed by atoms with E-state index in [9.17, 15) is 4.79 Å². The quantitative estimate of drug-likeness (QED) is 0.825. The highest BCUT2D eigenvalue weighted by Gasteiger charge is 2.09. The van der Waals surface area contributed by atoms with Gasteiger partial charge in [0.2, 0.25) is 0 Å². The Morgan fingerprint density at radius 2 is 1.70 bits per heavy atom. The summed E-state index contributed by atoms with van der Waals surface area (Å²) >= 11 is 6.81. The van der Waals surface area contributed by atoms with Crippen LogP contribution in [-0.2, 0) is 0 Å². The topological polar surface area (TPSA) is 32.3 Å². The lowest BCUT2D eigenvalue weighted by Gasteiger charge is -2.13. The Labute approximate surface area is 135 Å². The van der Waals surface area contributed by atoms with Crippen molar-refractivity contribution < 1.29 is 4.79 Å². The molecule has 104 valence electrons. The Balaban J connectivity index is 2.17. The maximum atomic E-state index is 12.2. The summed E-state index contributed by atoms with van der Waals surface area (Å²) in [6.07, 6.45) is 0. The molecule has 2 aromatic carbocycles. The largest absolute Gasteiger partial charge is 0.378 e. The van der Waals surface area contributed by atoms with Crippen molar-refractivity contribution in [2.24, 2.45) is 0 Å². The molecule has 1 amide bonds. The van der Waals surface area contributed by atoms with Crippen molar-refractivity contribution in [1.82, 2.24) is 0 Å². The maximum absolute atomic E-state index is 12.2. The molecule has 0 atom stereocenters. The van der Waals surface area contributed by atoms with E-state index in [1.165, 1.54) is 0 Å². The van der Waals surface area contributed by atoms with E-state index in [0.29, 0.717) is 5.56 Å². The molecular weight excluding hydrogens is 384 g/mol. The fourth-order valence-corrected chi connectivity index (χ4v) is 2.41. The summed E-state index contributed by atoms with van der Waals surface area (Å²) in [5.41, 5.74) is 2.42. The Morgan fingerprint density at radius 3 is 2.30 bits per heavy atom. The van der Waals surface area contributed by atoms with E-state index >= 15 is 0 Å². The van der Waals surface area contributed by atoms with Crippen LogP contribution in [0, 0.1) is 0 Å². The SMILES string of the molecule is CN(C)c1ccc(C(=O)Nc2cc(Br)ccc2Br)cc1. The molecule has 0 aliphatic heterocycles. The number of halogens is 2. The predicted octanol–water partition coefficient (Wildman–Crippen LogP) is 4.53. The Bertz CT molecular complexity index is 624. The number of rotatable bonds is 3. The molecule has 0 saturated heterocycles. The molecule has 2 aromatic rings. The van der Waals surface area contributed by atoms with Crippen molar-refractivity contribution in [3.05, 3.63) is 57.0 Å². The van der Waals surface area contributed by atoms with Gasteiger partial charge >= 0.3 is 0 Å². The minimum Gasteiger partial charge on any atom is -0.378 e. The van der Waals surface area contributed by atoms with Crippen LogP contribution >= 0.6 is 31.9 Å². The Hall–Kier alpha value is -1.33. The zero-order valence-electron chi connectivity index (χ0n) is 11.2. The zero-order chi connectivity index (χ0) is 14.7. The zero-order valence-corrected chi connectivity index (χ0v) is 14.3. The van der Waals surface area contributed by atoms with Crippen LogP contribution in [-0.4, -0.2) is 20.0 Å². The summed E-state index contributed by atoms with van der Waals surface area (Å²) in [7, 11) is 3.93. The van der Waals surface area contributed by atoms with Gasteiger partial charge in [0.15, 0.2) is 0 Å². The number of nitrogens with zero attached hydrogens (tertiary/aromatic N) is 1. The molecule has 0 heterocycles. The molecule has 5 heteroatoms. The summed E-state index contributed by atoms with van der Waals surface area (Å²) in [6.45, 7) is 0. The molecule has 0 aromatic heterocycles. The molecule has 0 unspecified atom stereocenters. The van der Waals surface area contributed by atoms with Crippen LogP contribution in [0.5, 0.6) is 0 Å². The van der Waals surface area contributed by atoms with Crippen LogP contribution in [0.4, 0.5) is 11.4 Å². The van der Waals surface area contributed by atoms with E-state index in [0.717, 1.165) is 20.3 Å². The van der Waals surface area contributed by atoms with Crippen LogP contribution in [0.3, 0.4) is 0 Å². The van der Waals surface area contributed by atoms with Crippen LogP contribution in [0.25, 0.3) is 0 Å². The van der Waals surface area contributed by atoms with E-state index in [-0.39, 0.29) is 5.91 Å². The van der Waals surface area contributed by atoms with Gasteiger partial charge in [-0.1, -0.05) is 15.9 Å². The van der Waals surface area contributed by atoms with Crippen molar-refractivity contribution in [3.63, 3.8) is 0 Å². The highest BCUT2D eigenvalue weighted by molar-refractivity contribution is 9.11. The van der Waals surface area contributed by atoms with Gasteiger partial charge in [0.1, 0.15) is 0 Å². The third-order valence-corrected chi connectivity index (χ3v) is 4.01. The highest BCUT2D eigenvalue weighted by atomic mass is 79.9. The number of benzene rings is 2. The van der Waals surface area contributed by atoms with Gasteiger partial charge < -0.3 is 10.2 Å². The fourth-order valence-electron chi connectivity index (χ4n) is 1.70. The van der Waals surface area contributed by atoms with Crippen molar-refractivity contribution >= 4 is 49.1 Å². The number of hydrogen-bond acceptors (Lipinski definition) is 2. The van der Waals surface area contributed by atoms with E-state index < -0.39 is 0 Å². The van der Waals surface area contributed by atoms with Crippen LogP contribution in [0.15, 0.2) is 51.4 Å². The average Bonchev–Trinajstić information content (AvgIpc) is 2.43. The monoisotopic (exact) mass is 396 g/mol. The average molecular weight is 398 g/mol. The van der Waals surface area contributed by atoms with Gasteiger partial charge in [0.05, 0.1) is 5.69 Å². The molecule has 0 fully saturated rings. The second-order valence-corrected chi connectivity index (χ2v) is 6.29. The van der Waals surface area contributed by atoms with Gasteiger partial charge in [-0.15, -0.1) is 0 Å². The van der Waals surface area contributed by atoms with Crippen LogP contribution in [0.2, 0.25) is 0 Å². The smallest absolute Gasteiger partial charge is 0.255 e. The first kappa shape index (κ1) is 15.1. The summed E-state index contributed by atoms with van der Waals surface area (Å²) in [5, 5.41) is 2.89. The van der Waals surface area contributed by atoms with E-state index in [1.807, 2.05) is 61.5 Å². The molecule has 0 bridgehead atoms. The van der Waals surface area contributed by atoms with Gasteiger partial charge in [-0.3, -0.25) is 4.79 Å². The molecule has 2 rings (SSSR count). The lowest BCUT2D eigenvalue weighted by atomic mass is 10.2. The Kier molecular flexibility index (Phi) is 4.83. The molecule has 0 aliphatic carbocycles. The normalized spacial score (nSPS) is 10.2. The van der Waals surface area contributed by atoms with E-state index in [4.69, 9.17) is 0 Å². The van der Waals surface area contributed by atoms with Crippen LogP contribution < -0.4 is 10.2 Å². The molecule has 1 N–H and O–H groups in total.